The molecule has 1 N–H and O–H groups in total. The second-order valence-corrected chi connectivity index (χ2v) is 2.62. The van der Waals surface area contributed by atoms with E-state index >= 15 is 0 Å². The Hall–Kier alpha value is -0.550. The molecule has 0 amide bonds. The van der Waals surface area contributed by atoms with Gasteiger partial charge in [0.25, 0.3) is 10.1 Å². The van der Waals surface area contributed by atoms with Crippen molar-refractivity contribution in [3.05, 3.63) is 12.3 Å². The summed E-state index contributed by atoms with van der Waals surface area (Å²) in [5, 5.41) is 9.42. The highest BCUT2D eigenvalue weighted by Gasteiger charge is 1.97. The predicted octanol–water partition coefficient (Wildman–Crippen LogP) is -0.182. The highest BCUT2D eigenvalue weighted by molar-refractivity contribution is 7.85. The average Bonchev–Trinajstić information content (AvgIpc) is 1.59. The minimum atomic E-state index is -3.97. The van der Waals surface area contributed by atoms with Gasteiger partial charge < -0.3 is 0 Å². The molecular formula is C3H5O4S. The van der Waals surface area contributed by atoms with E-state index in [1.165, 1.54) is 0 Å². The Bertz CT molecular complexity index is 166. The summed E-state index contributed by atoms with van der Waals surface area (Å²) in [5.74, 6) is -0.601. The van der Waals surface area contributed by atoms with Crippen LogP contribution in [-0.4, -0.2) is 18.7 Å². The molecule has 47 valence electrons. The van der Waals surface area contributed by atoms with Gasteiger partial charge in [0.2, 0.25) is 0 Å². The quantitative estimate of drug-likeness (QED) is 0.423. The molecule has 0 spiro atoms. The molecule has 0 heterocycles. The molecule has 8 heavy (non-hydrogen) atoms. The third-order valence-corrected chi connectivity index (χ3v) is 1.02. The van der Waals surface area contributed by atoms with Gasteiger partial charge >= 0.3 is 0 Å². The van der Waals surface area contributed by atoms with Gasteiger partial charge in [-0.25, -0.2) is 0 Å². The molecule has 0 unspecified atom stereocenters. The Labute approximate surface area is 47.2 Å². The lowest BCUT2D eigenvalue weighted by Crippen LogP contribution is -1.99. The van der Waals surface area contributed by atoms with Gasteiger partial charge in [-0.3, -0.25) is 9.66 Å². The summed E-state index contributed by atoms with van der Waals surface area (Å²) in [6.45, 7) is 0. The zero-order valence-corrected chi connectivity index (χ0v) is 4.76. The molecule has 0 rings (SSSR count). The van der Waals surface area contributed by atoms with Crippen LogP contribution in [0.4, 0.5) is 0 Å². The third kappa shape index (κ3) is 5.45. The molecule has 0 aromatic rings. The molecule has 0 bridgehead atoms. The maximum Gasteiger partial charge on any atom is 0.268 e. The van der Waals surface area contributed by atoms with Gasteiger partial charge in [0.1, 0.15) is 6.26 Å². The summed E-state index contributed by atoms with van der Waals surface area (Å²) in [6, 6.07) is 0. The van der Waals surface area contributed by atoms with Gasteiger partial charge in [0, 0.05) is 0 Å². The molecule has 0 aliphatic rings. The minimum Gasteiger partial charge on any atom is -0.299 e. The monoisotopic (exact) mass is 137 g/mol. The maximum absolute atomic E-state index is 9.76. The predicted molar refractivity (Wildman–Crippen MR) is 26.2 cm³/mol. The van der Waals surface area contributed by atoms with Crippen LogP contribution in [0.15, 0.2) is 12.3 Å². The van der Waals surface area contributed by atoms with Crippen LogP contribution in [0.2, 0.25) is 0 Å². The average molecular weight is 137 g/mol. The maximum atomic E-state index is 9.76. The van der Waals surface area contributed by atoms with Gasteiger partial charge in [-0.15, -0.1) is 0 Å². The second kappa shape index (κ2) is 2.68. The summed E-state index contributed by atoms with van der Waals surface area (Å²) in [7, 11) is -3.97. The van der Waals surface area contributed by atoms with Crippen LogP contribution < -0.4 is 0 Å². The molecule has 0 fully saturated rings. The first-order chi connectivity index (χ1) is 3.56. The van der Waals surface area contributed by atoms with Gasteiger partial charge in [0.15, 0.2) is 0 Å². The molecule has 0 saturated carbocycles. The van der Waals surface area contributed by atoms with E-state index in [0.717, 1.165) is 6.08 Å². The van der Waals surface area contributed by atoms with E-state index in [1.807, 2.05) is 0 Å². The molecule has 5 heteroatoms. The Balaban J connectivity index is 3.76. The zero-order chi connectivity index (χ0) is 6.62. The van der Waals surface area contributed by atoms with Crippen molar-refractivity contribution in [3.8, 4) is 0 Å². The Morgan fingerprint density at radius 1 is 1.50 bits per heavy atom. The van der Waals surface area contributed by atoms with E-state index in [0.29, 0.717) is 6.26 Å². The Kier molecular flexibility index (Phi) is 2.50. The van der Waals surface area contributed by atoms with Crippen LogP contribution in [-0.2, 0) is 15.2 Å². The van der Waals surface area contributed by atoms with Gasteiger partial charge in [-0.05, 0) is 6.08 Å². The second-order valence-electron chi connectivity index (χ2n) is 1.12. The lowest BCUT2D eigenvalue weighted by molar-refractivity contribution is 0.350. The Morgan fingerprint density at radius 2 is 2.00 bits per heavy atom. The molecule has 4 nitrogen and oxygen atoms in total. The SMILES string of the molecule is [O]C=CCS(=O)(=O)O. The van der Waals surface area contributed by atoms with Crippen LogP contribution in [0, 0.1) is 0 Å². The van der Waals surface area contributed by atoms with E-state index in [2.05, 4.69) is 0 Å². The molecule has 0 aromatic carbocycles. The summed E-state index contributed by atoms with van der Waals surface area (Å²) in [6.07, 6.45) is 1.13. The van der Waals surface area contributed by atoms with E-state index in [1.54, 1.807) is 0 Å². The van der Waals surface area contributed by atoms with Crippen molar-refractivity contribution in [1.82, 2.24) is 0 Å². The topological polar surface area (TPSA) is 74.3 Å². The van der Waals surface area contributed by atoms with Crippen molar-refractivity contribution in [2.45, 2.75) is 0 Å². The van der Waals surface area contributed by atoms with Crippen molar-refractivity contribution < 1.29 is 18.1 Å². The molecule has 0 aromatic heterocycles. The lowest BCUT2D eigenvalue weighted by atomic mass is 10.7. The standard InChI is InChI=1S/C3H5O4S/c4-2-1-3-8(5,6)7/h1-2H,3H2,(H,5,6,7). The van der Waals surface area contributed by atoms with Crippen molar-refractivity contribution in [2.75, 3.05) is 5.75 Å². The van der Waals surface area contributed by atoms with E-state index < -0.39 is 15.9 Å². The molecular weight excluding hydrogens is 132 g/mol. The van der Waals surface area contributed by atoms with Gasteiger partial charge in [-0.1, -0.05) is 0 Å². The van der Waals surface area contributed by atoms with E-state index in [-0.39, 0.29) is 0 Å². The highest BCUT2D eigenvalue weighted by atomic mass is 32.2. The number of rotatable bonds is 2. The third-order valence-electron chi connectivity index (χ3n) is 0.403. The number of hydrogen-bond donors (Lipinski definition) is 1. The first kappa shape index (κ1) is 7.45. The first-order valence-corrected chi connectivity index (χ1v) is 3.39. The van der Waals surface area contributed by atoms with Crippen molar-refractivity contribution in [2.24, 2.45) is 0 Å². The Morgan fingerprint density at radius 3 is 2.12 bits per heavy atom. The van der Waals surface area contributed by atoms with Crippen LogP contribution in [0.5, 0.6) is 0 Å². The fraction of sp³-hybridized carbons (Fsp3) is 0.333. The molecule has 0 atom stereocenters. The highest BCUT2D eigenvalue weighted by Crippen LogP contribution is 1.80. The summed E-state index contributed by atoms with van der Waals surface area (Å²) in [5.41, 5.74) is 0. The summed E-state index contributed by atoms with van der Waals surface area (Å²) >= 11 is 0. The fourth-order valence-electron chi connectivity index (χ4n) is 0.161. The van der Waals surface area contributed by atoms with Crippen LogP contribution in [0.25, 0.3) is 0 Å². The van der Waals surface area contributed by atoms with Crippen LogP contribution >= 0.6 is 0 Å². The van der Waals surface area contributed by atoms with Crippen LogP contribution in [0.3, 0.4) is 0 Å². The molecule has 0 aliphatic heterocycles. The minimum absolute atomic E-state index is 0.313. The number of hydrogen-bond acceptors (Lipinski definition) is 2. The largest absolute Gasteiger partial charge is 0.299 e. The molecule has 1 radical (unpaired) electrons. The smallest absolute Gasteiger partial charge is 0.268 e. The van der Waals surface area contributed by atoms with Crippen molar-refractivity contribution >= 4 is 10.1 Å². The zero-order valence-electron chi connectivity index (χ0n) is 3.94. The van der Waals surface area contributed by atoms with Crippen LogP contribution in [0.1, 0.15) is 0 Å². The summed E-state index contributed by atoms with van der Waals surface area (Å²) < 4.78 is 27.4. The van der Waals surface area contributed by atoms with Gasteiger partial charge in [0.05, 0.1) is 5.75 Å². The molecule has 0 aliphatic carbocycles. The molecule has 0 saturated heterocycles. The van der Waals surface area contributed by atoms with E-state index in [4.69, 9.17) is 4.55 Å². The van der Waals surface area contributed by atoms with Gasteiger partial charge in [-0.2, -0.15) is 8.42 Å². The van der Waals surface area contributed by atoms with Crippen molar-refractivity contribution in [1.29, 1.82) is 0 Å². The lowest BCUT2D eigenvalue weighted by Gasteiger charge is -1.82. The normalized spacial score (nSPS) is 12.6. The fourth-order valence-corrected chi connectivity index (χ4v) is 0.483. The summed E-state index contributed by atoms with van der Waals surface area (Å²) in [4.78, 5) is 0. The first-order valence-electron chi connectivity index (χ1n) is 1.78. The van der Waals surface area contributed by atoms with E-state index in [9.17, 15) is 13.5 Å². The van der Waals surface area contributed by atoms with Crippen molar-refractivity contribution in [3.63, 3.8) is 0 Å².